The molecule has 0 saturated heterocycles. The highest BCUT2D eigenvalue weighted by atomic mass is 35.5. The monoisotopic (exact) mass is 410 g/mol. The number of phenolic OH excluding ortho intramolecular Hbond substituents is 1. The average Bonchev–Trinajstić information content (AvgIpc) is 2.70. The number of nitrogens with zero attached hydrogens (tertiary/aromatic N) is 1. The smallest absolute Gasteiger partial charge is 0.322 e. The van der Waals surface area contributed by atoms with E-state index < -0.39 is 0 Å². The first kappa shape index (κ1) is 18.7. The van der Waals surface area contributed by atoms with Crippen LogP contribution in [0.15, 0.2) is 76.5 Å². The Balaban J connectivity index is 1.39. The van der Waals surface area contributed by atoms with Crippen LogP contribution in [0.1, 0.15) is 11.1 Å². The van der Waals surface area contributed by atoms with Gasteiger partial charge in [-0.1, -0.05) is 41.6 Å². The van der Waals surface area contributed by atoms with Gasteiger partial charge < -0.3 is 15.3 Å². The van der Waals surface area contributed by atoms with Crippen LogP contribution in [0, 0.1) is 0 Å². The first-order valence-corrected chi connectivity index (χ1v) is 10.2. The molecule has 0 atom stereocenters. The lowest BCUT2D eigenvalue weighted by Gasteiger charge is -2.29. The third-order valence-corrected chi connectivity index (χ3v) is 6.18. The maximum absolute atomic E-state index is 12.6. The number of hydrogen-bond donors (Lipinski definition) is 2. The van der Waals surface area contributed by atoms with Crippen molar-refractivity contribution in [2.75, 3.05) is 11.9 Å². The number of anilines is 1. The van der Waals surface area contributed by atoms with E-state index in [1.165, 1.54) is 5.56 Å². The van der Waals surface area contributed by atoms with Gasteiger partial charge in [0.05, 0.1) is 5.02 Å². The standard InChI is InChI=1S/C22H19ClN2O2S/c23-20-3-1-2-4-21(20)28-19-9-6-17(7-10-19)24-22(27)25-12-11-15-5-8-18(26)13-16(15)14-25/h1-10,13,26H,11-12,14H2,(H,24,27). The van der Waals surface area contributed by atoms with Crippen LogP contribution in [0.3, 0.4) is 0 Å². The van der Waals surface area contributed by atoms with Crippen molar-refractivity contribution < 1.29 is 9.90 Å². The maximum Gasteiger partial charge on any atom is 0.322 e. The first-order chi connectivity index (χ1) is 13.6. The molecule has 6 heteroatoms. The van der Waals surface area contributed by atoms with Crippen molar-refractivity contribution in [3.8, 4) is 5.75 Å². The Bertz CT molecular complexity index is 1010. The summed E-state index contributed by atoms with van der Waals surface area (Å²) in [4.78, 5) is 16.4. The molecule has 0 unspecified atom stereocenters. The van der Waals surface area contributed by atoms with Gasteiger partial charge in [0.15, 0.2) is 0 Å². The predicted molar refractivity (Wildman–Crippen MR) is 113 cm³/mol. The molecule has 0 radical (unpaired) electrons. The molecule has 2 amide bonds. The number of carbonyl (C=O) groups excluding carboxylic acids is 1. The SMILES string of the molecule is O=C(Nc1ccc(Sc2ccccc2Cl)cc1)N1CCc2ccc(O)cc2C1. The second-order valence-electron chi connectivity index (χ2n) is 6.61. The fourth-order valence-corrected chi connectivity index (χ4v) is 4.27. The summed E-state index contributed by atoms with van der Waals surface area (Å²) in [5.41, 5.74) is 2.92. The van der Waals surface area contributed by atoms with E-state index in [1.807, 2.05) is 54.6 Å². The van der Waals surface area contributed by atoms with Crippen molar-refractivity contribution in [1.29, 1.82) is 0 Å². The van der Waals surface area contributed by atoms with Crippen LogP contribution < -0.4 is 5.32 Å². The number of fused-ring (bicyclic) bond motifs is 1. The molecule has 0 aromatic heterocycles. The van der Waals surface area contributed by atoms with Gasteiger partial charge in [0.2, 0.25) is 0 Å². The number of hydrogen-bond acceptors (Lipinski definition) is 3. The molecule has 3 aromatic rings. The van der Waals surface area contributed by atoms with E-state index in [9.17, 15) is 9.90 Å². The molecule has 1 heterocycles. The minimum absolute atomic E-state index is 0.138. The summed E-state index contributed by atoms with van der Waals surface area (Å²) in [6.45, 7) is 1.15. The molecule has 0 saturated carbocycles. The number of halogens is 1. The van der Waals surface area contributed by atoms with Crippen LogP contribution in [-0.4, -0.2) is 22.6 Å². The number of nitrogens with one attached hydrogen (secondary N) is 1. The summed E-state index contributed by atoms with van der Waals surface area (Å²) in [5.74, 6) is 0.229. The van der Waals surface area contributed by atoms with Crippen LogP contribution in [0.25, 0.3) is 0 Å². The van der Waals surface area contributed by atoms with Gasteiger partial charge in [0.1, 0.15) is 5.75 Å². The number of urea groups is 1. The Morgan fingerprint density at radius 2 is 1.82 bits per heavy atom. The highest BCUT2D eigenvalue weighted by molar-refractivity contribution is 7.99. The van der Waals surface area contributed by atoms with E-state index in [-0.39, 0.29) is 11.8 Å². The van der Waals surface area contributed by atoms with Crippen LogP contribution in [-0.2, 0) is 13.0 Å². The van der Waals surface area contributed by atoms with Gasteiger partial charge in [-0.3, -0.25) is 0 Å². The van der Waals surface area contributed by atoms with Gasteiger partial charge in [-0.15, -0.1) is 0 Å². The molecule has 3 aromatic carbocycles. The Morgan fingerprint density at radius 3 is 2.61 bits per heavy atom. The zero-order chi connectivity index (χ0) is 19.5. The zero-order valence-corrected chi connectivity index (χ0v) is 16.6. The maximum atomic E-state index is 12.6. The molecule has 0 fully saturated rings. The fourth-order valence-electron chi connectivity index (χ4n) is 3.18. The third kappa shape index (κ3) is 4.26. The zero-order valence-electron chi connectivity index (χ0n) is 15.1. The Labute approximate surface area is 173 Å². The highest BCUT2D eigenvalue weighted by Gasteiger charge is 2.21. The number of aromatic hydroxyl groups is 1. The van der Waals surface area contributed by atoms with E-state index in [0.717, 1.165) is 32.5 Å². The van der Waals surface area contributed by atoms with Gasteiger partial charge in [0, 0.05) is 28.6 Å². The molecular formula is C22H19ClN2O2S. The van der Waals surface area contributed by atoms with Gasteiger partial charge in [-0.25, -0.2) is 4.79 Å². The molecule has 2 N–H and O–H groups in total. The largest absolute Gasteiger partial charge is 0.508 e. The molecular weight excluding hydrogens is 392 g/mol. The van der Waals surface area contributed by atoms with Gasteiger partial charge in [-0.05, 0) is 66.1 Å². The van der Waals surface area contributed by atoms with E-state index in [4.69, 9.17) is 11.6 Å². The van der Waals surface area contributed by atoms with E-state index >= 15 is 0 Å². The summed E-state index contributed by atoms with van der Waals surface area (Å²) < 4.78 is 0. The van der Waals surface area contributed by atoms with Crippen LogP contribution in [0.5, 0.6) is 5.75 Å². The highest BCUT2D eigenvalue weighted by Crippen LogP contribution is 2.33. The molecule has 0 aliphatic carbocycles. The van der Waals surface area contributed by atoms with Crippen LogP contribution in [0.2, 0.25) is 5.02 Å². The summed E-state index contributed by atoms with van der Waals surface area (Å²) >= 11 is 7.79. The molecule has 1 aliphatic heterocycles. The molecule has 142 valence electrons. The second kappa shape index (κ2) is 8.17. The van der Waals surface area contributed by atoms with Gasteiger partial charge in [0.25, 0.3) is 0 Å². The van der Waals surface area contributed by atoms with E-state index in [2.05, 4.69) is 5.32 Å². The second-order valence-corrected chi connectivity index (χ2v) is 8.13. The molecule has 4 nitrogen and oxygen atoms in total. The Hall–Kier alpha value is -2.63. The van der Waals surface area contributed by atoms with Crippen molar-refractivity contribution in [3.63, 3.8) is 0 Å². The summed E-state index contributed by atoms with van der Waals surface area (Å²) in [6, 6.07) is 20.6. The quantitative estimate of drug-likeness (QED) is 0.574. The third-order valence-electron chi connectivity index (χ3n) is 4.66. The lowest BCUT2D eigenvalue weighted by molar-refractivity contribution is 0.206. The van der Waals surface area contributed by atoms with E-state index in [1.54, 1.807) is 28.8 Å². The first-order valence-electron chi connectivity index (χ1n) is 8.97. The van der Waals surface area contributed by atoms with E-state index in [0.29, 0.717) is 13.1 Å². The number of phenols is 1. The molecule has 0 bridgehead atoms. The molecule has 0 spiro atoms. The summed E-state index contributed by atoms with van der Waals surface area (Å²) in [5, 5.41) is 13.3. The minimum Gasteiger partial charge on any atom is -0.508 e. The number of benzene rings is 3. The summed E-state index contributed by atoms with van der Waals surface area (Å²) in [7, 11) is 0. The van der Waals surface area contributed by atoms with Crippen molar-refractivity contribution in [1.82, 2.24) is 4.90 Å². The fraction of sp³-hybridized carbons (Fsp3) is 0.136. The predicted octanol–water partition coefficient (Wildman–Crippen LogP) is 5.79. The Kier molecular flexibility index (Phi) is 5.46. The molecule has 4 rings (SSSR count). The van der Waals surface area contributed by atoms with Crippen molar-refractivity contribution in [3.05, 3.63) is 82.9 Å². The molecule has 28 heavy (non-hydrogen) atoms. The number of rotatable bonds is 3. The minimum atomic E-state index is -0.138. The van der Waals surface area contributed by atoms with Gasteiger partial charge in [-0.2, -0.15) is 0 Å². The Morgan fingerprint density at radius 1 is 1.04 bits per heavy atom. The van der Waals surface area contributed by atoms with Gasteiger partial charge >= 0.3 is 6.03 Å². The van der Waals surface area contributed by atoms with Crippen molar-refractivity contribution in [2.45, 2.75) is 22.8 Å². The lowest BCUT2D eigenvalue weighted by atomic mass is 10.00. The normalized spacial score (nSPS) is 13.1. The van der Waals surface area contributed by atoms with Crippen molar-refractivity contribution in [2.24, 2.45) is 0 Å². The number of carbonyl (C=O) groups is 1. The number of amides is 2. The van der Waals surface area contributed by atoms with Crippen LogP contribution >= 0.6 is 23.4 Å². The summed E-state index contributed by atoms with van der Waals surface area (Å²) in [6.07, 6.45) is 0.788. The van der Waals surface area contributed by atoms with Crippen molar-refractivity contribution >= 4 is 35.1 Å². The van der Waals surface area contributed by atoms with Crippen LogP contribution in [0.4, 0.5) is 10.5 Å². The average molecular weight is 411 g/mol. The molecule has 1 aliphatic rings. The topological polar surface area (TPSA) is 52.6 Å². The lowest BCUT2D eigenvalue weighted by Crippen LogP contribution is -2.38.